The van der Waals surface area contributed by atoms with Crippen molar-refractivity contribution >= 4 is 20.4 Å². The van der Waals surface area contributed by atoms with Gasteiger partial charge in [0.1, 0.15) is 0 Å². The maximum absolute atomic E-state index is 6.25. The average Bonchev–Trinajstić information content (AvgIpc) is 2.25. The van der Waals surface area contributed by atoms with Crippen molar-refractivity contribution in [2.24, 2.45) is 0 Å². The largest absolute Gasteiger partial charge is 0.504 e. The molecule has 2 unspecified atom stereocenters. The molecule has 0 bridgehead atoms. The Morgan fingerprint density at radius 2 is 1.43 bits per heavy atom. The molecule has 2 atom stereocenters. The molecule has 14 heavy (non-hydrogen) atoms. The van der Waals surface area contributed by atoms with Gasteiger partial charge in [-0.25, -0.2) is 0 Å². The van der Waals surface area contributed by atoms with E-state index in [-0.39, 0.29) is 10.9 Å². The summed E-state index contributed by atoms with van der Waals surface area (Å²) in [6.45, 7) is 4.13. The van der Waals surface area contributed by atoms with Crippen LogP contribution >= 0.6 is 11.6 Å². The number of hydrogen-bond acceptors (Lipinski definition) is 3. The van der Waals surface area contributed by atoms with Crippen LogP contribution in [-0.4, -0.2) is 35.5 Å². The van der Waals surface area contributed by atoms with Crippen LogP contribution in [0.3, 0.4) is 0 Å². The Morgan fingerprint density at radius 3 is 1.64 bits per heavy atom. The normalized spacial score (nSPS) is 16.7. The summed E-state index contributed by atoms with van der Waals surface area (Å²) in [5.74, 6) is 0. The Bertz CT molecular complexity index is 145. The molecular formula is C9H21ClO3Si. The van der Waals surface area contributed by atoms with Crippen LogP contribution in [0, 0.1) is 0 Å². The minimum Gasteiger partial charge on any atom is -0.377 e. The zero-order chi connectivity index (χ0) is 11.2. The van der Waals surface area contributed by atoms with Crippen LogP contribution in [0.2, 0.25) is 5.54 Å². The van der Waals surface area contributed by atoms with Gasteiger partial charge in [-0.05, 0) is 12.8 Å². The molecule has 0 aliphatic heterocycles. The van der Waals surface area contributed by atoms with Crippen LogP contribution in [-0.2, 0) is 13.3 Å². The molecule has 0 saturated heterocycles. The molecule has 0 heterocycles. The second kappa shape index (κ2) is 6.79. The van der Waals surface area contributed by atoms with E-state index < -0.39 is 8.80 Å². The van der Waals surface area contributed by atoms with Gasteiger partial charge in [0.2, 0.25) is 0 Å². The van der Waals surface area contributed by atoms with Crippen LogP contribution in [0.5, 0.6) is 0 Å². The molecule has 0 aliphatic carbocycles. The fraction of sp³-hybridized carbons (Fsp3) is 1.00. The number of halogens is 1. The maximum Gasteiger partial charge on any atom is 0.504 e. The molecule has 0 fully saturated rings. The molecule has 5 heteroatoms. The van der Waals surface area contributed by atoms with E-state index in [0.29, 0.717) is 0 Å². The highest BCUT2D eigenvalue weighted by Crippen LogP contribution is 2.35. The first-order valence-electron chi connectivity index (χ1n) is 4.91. The summed E-state index contributed by atoms with van der Waals surface area (Å²) in [6, 6.07) is 0. The summed E-state index contributed by atoms with van der Waals surface area (Å²) in [6.07, 6.45) is 1.80. The highest BCUT2D eigenvalue weighted by atomic mass is 35.5. The van der Waals surface area contributed by atoms with Crippen LogP contribution < -0.4 is 0 Å². The van der Waals surface area contributed by atoms with Crippen molar-refractivity contribution in [3.8, 4) is 0 Å². The second-order valence-corrected chi connectivity index (χ2v) is 6.89. The summed E-state index contributed by atoms with van der Waals surface area (Å²) in [7, 11) is 2.32. The lowest BCUT2D eigenvalue weighted by Crippen LogP contribution is -2.50. The number of alkyl halides is 1. The molecule has 0 rings (SSSR count). The van der Waals surface area contributed by atoms with Crippen molar-refractivity contribution in [2.75, 3.05) is 21.3 Å². The Balaban J connectivity index is 4.73. The van der Waals surface area contributed by atoms with Crippen molar-refractivity contribution in [3.63, 3.8) is 0 Å². The van der Waals surface area contributed by atoms with E-state index >= 15 is 0 Å². The molecule has 0 aromatic heterocycles. The minimum atomic E-state index is -2.56. The number of hydrogen-bond donors (Lipinski definition) is 0. The molecule has 3 nitrogen and oxygen atoms in total. The van der Waals surface area contributed by atoms with E-state index in [1.54, 1.807) is 21.3 Å². The fourth-order valence-corrected chi connectivity index (χ4v) is 4.94. The van der Waals surface area contributed by atoms with Crippen molar-refractivity contribution < 1.29 is 13.3 Å². The van der Waals surface area contributed by atoms with Gasteiger partial charge in [-0.3, -0.25) is 0 Å². The molecule has 0 aromatic carbocycles. The summed E-state index contributed by atoms with van der Waals surface area (Å²) < 4.78 is 16.3. The molecule has 0 amide bonds. The standard InChI is InChI=1S/C9H21ClO3Si/c1-6-8(10)9(7-2)14(11-3,12-4)13-5/h8-9H,6-7H2,1-5H3. The molecule has 0 aliphatic rings. The zero-order valence-corrected chi connectivity index (χ0v) is 11.4. The van der Waals surface area contributed by atoms with Crippen molar-refractivity contribution in [3.05, 3.63) is 0 Å². The van der Waals surface area contributed by atoms with E-state index in [0.717, 1.165) is 12.8 Å². The second-order valence-electron chi connectivity index (χ2n) is 3.15. The lowest BCUT2D eigenvalue weighted by molar-refractivity contribution is 0.109. The third-order valence-electron chi connectivity index (χ3n) is 2.57. The average molecular weight is 241 g/mol. The summed E-state index contributed by atoms with van der Waals surface area (Å²) in [5.41, 5.74) is 0.161. The predicted octanol–water partition coefficient (Wildman–Crippen LogP) is 2.66. The molecule has 0 saturated carbocycles. The molecule has 0 N–H and O–H groups in total. The van der Waals surface area contributed by atoms with E-state index in [2.05, 4.69) is 13.8 Å². The molecule has 0 radical (unpaired) electrons. The van der Waals surface area contributed by atoms with Gasteiger partial charge < -0.3 is 13.3 Å². The zero-order valence-electron chi connectivity index (χ0n) is 9.67. The monoisotopic (exact) mass is 240 g/mol. The lowest BCUT2D eigenvalue weighted by Gasteiger charge is -2.34. The summed E-state index contributed by atoms with van der Waals surface area (Å²) in [4.78, 5) is 0. The van der Waals surface area contributed by atoms with Crippen molar-refractivity contribution in [2.45, 2.75) is 37.6 Å². The maximum atomic E-state index is 6.25. The first-order valence-corrected chi connectivity index (χ1v) is 7.15. The van der Waals surface area contributed by atoms with E-state index in [1.165, 1.54) is 0 Å². The first kappa shape index (κ1) is 14.4. The Hall–Kier alpha value is 0.387. The van der Waals surface area contributed by atoms with Gasteiger partial charge in [0.05, 0.1) is 0 Å². The SMILES string of the molecule is CCC(Cl)C(CC)[Si](OC)(OC)OC. The van der Waals surface area contributed by atoms with Crippen LogP contribution in [0.25, 0.3) is 0 Å². The quantitative estimate of drug-likeness (QED) is 0.506. The summed E-state index contributed by atoms with van der Waals surface area (Å²) >= 11 is 6.25. The Morgan fingerprint density at radius 1 is 1.00 bits per heavy atom. The van der Waals surface area contributed by atoms with E-state index in [4.69, 9.17) is 24.9 Å². The Labute approximate surface area is 93.1 Å². The highest BCUT2D eigenvalue weighted by Gasteiger charge is 2.49. The van der Waals surface area contributed by atoms with Crippen molar-refractivity contribution in [1.29, 1.82) is 0 Å². The van der Waals surface area contributed by atoms with Crippen LogP contribution in [0.15, 0.2) is 0 Å². The van der Waals surface area contributed by atoms with Gasteiger partial charge >= 0.3 is 8.80 Å². The number of rotatable bonds is 7. The third kappa shape index (κ3) is 2.94. The van der Waals surface area contributed by atoms with E-state index in [9.17, 15) is 0 Å². The molecule has 0 spiro atoms. The van der Waals surface area contributed by atoms with Gasteiger partial charge in [0, 0.05) is 32.2 Å². The summed E-state index contributed by atoms with van der Waals surface area (Å²) in [5, 5.41) is 0.0477. The minimum absolute atomic E-state index is 0.0477. The van der Waals surface area contributed by atoms with Gasteiger partial charge in [0.15, 0.2) is 0 Å². The van der Waals surface area contributed by atoms with Gasteiger partial charge in [0.25, 0.3) is 0 Å². The fourth-order valence-electron chi connectivity index (χ4n) is 1.72. The van der Waals surface area contributed by atoms with Crippen LogP contribution in [0.1, 0.15) is 26.7 Å². The molecule has 86 valence electrons. The van der Waals surface area contributed by atoms with E-state index in [1.807, 2.05) is 0 Å². The van der Waals surface area contributed by atoms with Crippen LogP contribution in [0.4, 0.5) is 0 Å². The lowest BCUT2D eigenvalue weighted by atomic mass is 10.2. The Kier molecular flexibility index (Phi) is 6.98. The highest BCUT2D eigenvalue weighted by molar-refractivity contribution is 6.63. The smallest absolute Gasteiger partial charge is 0.377 e. The van der Waals surface area contributed by atoms with Gasteiger partial charge in [-0.1, -0.05) is 13.8 Å². The topological polar surface area (TPSA) is 27.7 Å². The molecule has 0 aromatic rings. The van der Waals surface area contributed by atoms with Crippen molar-refractivity contribution in [1.82, 2.24) is 0 Å². The predicted molar refractivity (Wildman–Crippen MR) is 60.8 cm³/mol. The van der Waals surface area contributed by atoms with Gasteiger partial charge in [-0.2, -0.15) is 0 Å². The third-order valence-corrected chi connectivity index (χ3v) is 6.82. The van der Waals surface area contributed by atoms with Gasteiger partial charge in [-0.15, -0.1) is 11.6 Å². The first-order chi connectivity index (χ1) is 6.61. The molecular weight excluding hydrogens is 220 g/mol.